The second-order valence-corrected chi connectivity index (χ2v) is 11.2. The van der Waals surface area contributed by atoms with Gasteiger partial charge < -0.3 is 0 Å². The van der Waals surface area contributed by atoms with E-state index >= 15 is 0 Å². The third-order valence-corrected chi connectivity index (χ3v) is 8.33. The number of benzene rings is 2. The Morgan fingerprint density at radius 2 is 1.68 bits per heavy atom. The van der Waals surface area contributed by atoms with Gasteiger partial charge in [0.15, 0.2) is 0 Å². The van der Waals surface area contributed by atoms with Crippen LogP contribution in [-0.4, -0.2) is 72.0 Å². The van der Waals surface area contributed by atoms with Crippen LogP contribution < -0.4 is 5.43 Å². The lowest BCUT2D eigenvalue weighted by Gasteiger charge is -2.34. The van der Waals surface area contributed by atoms with Gasteiger partial charge in [0.2, 0.25) is 0 Å². The van der Waals surface area contributed by atoms with Gasteiger partial charge in [-0.05, 0) is 42.8 Å². The standard InChI is InChI=1S/C28H30N6O3S/c1-22-9-11-25(12-10-22)38(36,37)34-20-23(26-7-2-3-8-27(26)34)19-32-14-16-33(17-15-32)21-28(35)31-30-18-24-6-4-5-13-29-24/h2-13,18,20H,14-17,19,21H2,1H3,(H,31,35). The van der Waals surface area contributed by atoms with Crippen molar-refractivity contribution in [2.24, 2.45) is 5.10 Å². The minimum absolute atomic E-state index is 0.171. The van der Waals surface area contributed by atoms with E-state index in [0.717, 1.165) is 42.7 Å². The summed E-state index contributed by atoms with van der Waals surface area (Å²) in [5, 5.41) is 4.91. The summed E-state index contributed by atoms with van der Waals surface area (Å²) in [5.74, 6) is -0.171. The van der Waals surface area contributed by atoms with E-state index in [4.69, 9.17) is 0 Å². The molecule has 2 aromatic carbocycles. The molecule has 1 amide bonds. The van der Waals surface area contributed by atoms with E-state index in [1.165, 1.54) is 10.2 Å². The molecule has 0 bridgehead atoms. The summed E-state index contributed by atoms with van der Waals surface area (Å²) in [6.45, 7) is 5.84. The summed E-state index contributed by atoms with van der Waals surface area (Å²) in [7, 11) is -3.72. The van der Waals surface area contributed by atoms with Crippen molar-refractivity contribution in [2.45, 2.75) is 18.4 Å². The summed E-state index contributed by atoms with van der Waals surface area (Å²) >= 11 is 0. The molecule has 9 nitrogen and oxygen atoms in total. The Kier molecular flexibility index (Phi) is 7.64. The molecule has 196 valence electrons. The first-order valence-electron chi connectivity index (χ1n) is 12.5. The molecule has 1 fully saturated rings. The number of aromatic nitrogens is 2. The average molecular weight is 531 g/mol. The number of hydrogen-bond donors (Lipinski definition) is 1. The normalized spacial score (nSPS) is 15.3. The van der Waals surface area contributed by atoms with Crippen LogP contribution in [0.1, 0.15) is 16.8 Å². The van der Waals surface area contributed by atoms with Crippen molar-refractivity contribution < 1.29 is 13.2 Å². The van der Waals surface area contributed by atoms with Gasteiger partial charge in [-0.25, -0.2) is 17.8 Å². The molecule has 2 aromatic heterocycles. The number of hydrogen-bond acceptors (Lipinski definition) is 7. The number of rotatable bonds is 8. The molecule has 1 aliphatic heterocycles. The molecule has 1 aliphatic rings. The van der Waals surface area contributed by atoms with Crippen LogP contribution in [0.2, 0.25) is 0 Å². The first-order valence-corrected chi connectivity index (χ1v) is 13.9. The van der Waals surface area contributed by atoms with Crippen molar-refractivity contribution in [3.8, 4) is 0 Å². The zero-order valence-electron chi connectivity index (χ0n) is 21.2. The van der Waals surface area contributed by atoms with E-state index < -0.39 is 10.0 Å². The fourth-order valence-electron chi connectivity index (χ4n) is 4.57. The second-order valence-electron chi connectivity index (χ2n) is 9.39. The summed E-state index contributed by atoms with van der Waals surface area (Å²) in [6.07, 6.45) is 4.94. The molecule has 5 rings (SSSR count). The largest absolute Gasteiger partial charge is 0.296 e. The molecular formula is C28H30N6O3S. The molecule has 1 N–H and O–H groups in total. The third kappa shape index (κ3) is 5.83. The molecule has 4 aromatic rings. The maximum atomic E-state index is 13.5. The molecule has 0 saturated carbocycles. The van der Waals surface area contributed by atoms with Crippen molar-refractivity contribution in [3.63, 3.8) is 0 Å². The lowest BCUT2D eigenvalue weighted by atomic mass is 10.1. The van der Waals surface area contributed by atoms with Crippen LogP contribution in [-0.2, 0) is 21.4 Å². The first-order chi connectivity index (χ1) is 18.4. The summed E-state index contributed by atoms with van der Waals surface area (Å²) in [6, 6.07) is 20.0. The summed E-state index contributed by atoms with van der Waals surface area (Å²) in [5.41, 5.74) is 5.88. The number of nitrogens with zero attached hydrogens (tertiary/aromatic N) is 5. The van der Waals surface area contributed by atoms with Crippen LogP contribution in [0, 0.1) is 6.92 Å². The zero-order chi connectivity index (χ0) is 26.5. The molecule has 0 aliphatic carbocycles. The Hall–Kier alpha value is -3.86. The van der Waals surface area contributed by atoms with Gasteiger partial charge in [0, 0.05) is 50.5 Å². The van der Waals surface area contributed by atoms with E-state index in [9.17, 15) is 13.2 Å². The second kappa shape index (κ2) is 11.3. The monoisotopic (exact) mass is 530 g/mol. The number of carbonyl (C=O) groups is 1. The molecular weight excluding hydrogens is 500 g/mol. The SMILES string of the molecule is Cc1ccc(S(=O)(=O)n2cc(CN3CCN(CC(=O)NN=Cc4ccccn4)CC3)c3ccccc32)cc1. The number of hydrazone groups is 1. The molecule has 1 saturated heterocycles. The number of carbonyl (C=O) groups excluding carboxylic acids is 1. The molecule has 10 heteroatoms. The minimum Gasteiger partial charge on any atom is -0.296 e. The van der Waals surface area contributed by atoms with Gasteiger partial charge in [-0.1, -0.05) is 42.0 Å². The van der Waals surface area contributed by atoms with Gasteiger partial charge in [-0.3, -0.25) is 19.6 Å². The Labute approximate surface area is 222 Å². The molecule has 38 heavy (non-hydrogen) atoms. The predicted octanol–water partition coefficient (Wildman–Crippen LogP) is 2.85. The smallest absolute Gasteiger partial charge is 0.268 e. The minimum atomic E-state index is -3.72. The zero-order valence-corrected chi connectivity index (χ0v) is 22.0. The first kappa shape index (κ1) is 25.8. The molecule has 0 atom stereocenters. The van der Waals surface area contributed by atoms with Crippen LogP contribution in [0.5, 0.6) is 0 Å². The van der Waals surface area contributed by atoms with E-state index in [1.807, 2.05) is 61.5 Å². The van der Waals surface area contributed by atoms with Gasteiger partial charge in [0.25, 0.3) is 15.9 Å². The highest BCUT2D eigenvalue weighted by Gasteiger charge is 2.24. The number of aryl methyl sites for hydroxylation is 1. The Morgan fingerprint density at radius 3 is 2.42 bits per heavy atom. The van der Waals surface area contributed by atoms with Gasteiger partial charge in [-0.2, -0.15) is 5.10 Å². The number of fused-ring (bicyclic) bond motifs is 1. The highest BCUT2D eigenvalue weighted by molar-refractivity contribution is 7.90. The third-order valence-electron chi connectivity index (χ3n) is 6.64. The fraction of sp³-hybridized carbons (Fsp3) is 0.250. The summed E-state index contributed by atoms with van der Waals surface area (Å²) in [4.78, 5) is 21.1. The lowest BCUT2D eigenvalue weighted by Crippen LogP contribution is -2.48. The number of amides is 1. The maximum Gasteiger partial charge on any atom is 0.268 e. The van der Waals surface area contributed by atoms with E-state index in [0.29, 0.717) is 17.8 Å². The number of para-hydroxylation sites is 1. The van der Waals surface area contributed by atoms with Crippen LogP contribution in [0.15, 0.2) is 89.1 Å². The molecule has 0 radical (unpaired) electrons. The van der Waals surface area contributed by atoms with Crippen LogP contribution in [0.25, 0.3) is 10.9 Å². The van der Waals surface area contributed by atoms with Gasteiger partial charge >= 0.3 is 0 Å². The van der Waals surface area contributed by atoms with Crippen molar-refractivity contribution >= 4 is 33.0 Å². The van der Waals surface area contributed by atoms with Gasteiger partial charge in [0.05, 0.1) is 28.9 Å². The highest BCUT2D eigenvalue weighted by atomic mass is 32.2. The Balaban J connectivity index is 1.21. The summed E-state index contributed by atoms with van der Waals surface area (Å²) < 4.78 is 28.3. The van der Waals surface area contributed by atoms with Crippen LogP contribution in [0.3, 0.4) is 0 Å². The molecule has 0 spiro atoms. The fourth-order valence-corrected chi connectivity index (χ4v) is 5.97. The number of piperazine rings is 1. The van der Waals surface area contributed by atoms with Gasteiger partial charge in [0.1, 0.15) is 0 Å². The van der Waals surface area contributed by atoms with Gasteiger partial charge in [-0.15, -0.1) is 0 Å². The number of pyridine rings is 1. The topological polar surface area (TPSA) is 99.9 Å². The van der Waals surface area contributed by atoms with Crippen molar-refractivity contribution in [3.05, 3.63) is 95.9 Å². The van der Waals surface area contributed by atoms with Crippen molar-refractivity contribution in [1.82, 2.24) is 24.2 Å². The highest BCUT2D eigenvalue weighted by Crippen LogP contribution is 2.27. The van der Waals surface area contributed by atoms with Crippen molar-refractivity contribution in [1.29, 1.82) is 0 Å². The Bertz CT molecular complexity index is 1540. The molecule has 3 heterocycles. The van der Waals surface area contributed by atoms with E-state index in [-0.39, 0.29) is 17.3 Å². The van der Waals surface area contributed by atoms with E-state index in [1.54, 1.807) is 24.5 Å². The average Bonchev–Trinajstić information content (AvgIpc) is 3.30. The van der Waals surface area contributed by atoms with E-state index in [2.05, 4.69) is 25.3 Å². The quantitative estimate of drug-likeness (QED) is 0.278. The van der Waals surface area contributed by atoms with Crippen LogP contribution >= 0.6 is 0 Å². The predicted molar refractivity (Wildman–Crippen MR) is 147 cm³/mol. The Morgan fingerprint density at radius 1 is 0.974 bits per heavy atom. The number of nitrogens with one attached hydrogen (secondary N) is 1. The lowest BCUT2D eigenvalue weighted by molar-refractivity contribution is -0.122. The van der Waals surface area contributed by atoms with Crippen molar-refractivity contribution in [2.75, 3.05) is 32.7 Å². The maximum absolute atomic E-state index is 13.5. The molecule has 0 unspecified atom stereocenters. The van der Waals surface area contributed by atoms with Crippen LogP contribution in [0.4, 0.5) is 0 Å².